The van der Waals surface area contributed by atoms with E-state index in [4.69, 9.17) is 62.2 Å². The van der Waals surface area contributed by atoms with E-state index < -0.39 is 116 Å². The lowest BCUT2D eigenvalue weighted by molar-refractivity contribution is -0.283. The lowest BCUT2D eigenvalue weighted by Crippen LogP contribution is -2.64. The minimum absolute atomic E-state index is 0.0594. The van der Waals surface area contributed by atoms with Gasteiger partial charge in [-0.25, -0.2) is 0 Å². The van der Waals surface area contributed by atoms with Crippen molar-refractivity contribution in [2.45, 2.75) is 117 Å². The van der Waals surface area contributed by atoms with Crippen LogP contribution in [0.2, 0.25) is 0 Å². The zero-order chi connectivity index (χ0) is 36.0. The van der Waals surface area contributed by atoms with Gasteiger partial charge in [0.2, 0.25) is 6.29 Å². The quantitative estimate of drug-likeness (QED) is 0.0661. The van der Waals surface area contributed by atoms with Crippen molar-refractivity contribution in [3.8, 4) is 0 Å². The molecule has 0 aromatic carbocycles. The normalized spacial score (nSPS) is 43.6. The van der Waals surface area contributed by atoms with Crippen molar-refractivity contribution in [1.82, 2.24) is 5.32 Å². The molecular formula is C29H54N6O14. The van der Waals surface area contributed by atoms with Crippen LogP contribution in [0.3, 0.4) is 0 Å². The molecule has 49 heavy (non-hydrogen) atoms. The van der Waals surface area contributed by atoms with Gasteiger partial charge in [-0.2, -0.15) is 0 Å². The van der Waals surface area contributed by atoms with E-state index in [-0.39, 0.29) is 39.1 Å². The van der Waals surface area contributed by atoms with Crippen molar-refractivity contribution < 1.29 is 69.0 Å². The highest BCUT2D eigenvalue weighted by Crippen LogP contribution is 2.37. The van der Waals surface area contributed by atoms with Gasteiger partial charge >= 0.3 is 0 Å². The van der Waals surface area contributed by atoms with Gasteiger partial charge in [0.1, 0.15) is 60.7 Å². The summed E-state index contributed by atoms with van der Waals surface area (Å²) in [7, 11) is 0. The van der Waals surface area contributed by atoms with E-state index in [2.05, 4.69) is 5.32 Å². The minimum Gasteiger partial charge on any atom is -0.467 e. The third-order valence-electron chi connectivity index (χ3n) is 9.35. The van der Waals surface area contributed by atoms with Crippen molar-refractivity contribution in [3.05, 3.63) is 11.8 Å². The number of carbonyl (C=O) groups is 1. The molecule has 284 valence electrons. The number of aliphatic hydroxyl groups is 7. The molecule has 0 spiro atoms. The Kier molecular flexibility index (Phi) is 15.0. The number of hydrogen-bond donors (Lipinski definition) is 13. The third kappa shape index (κ3) is 9.49. The van der Waals surface area contributed by atoms with Crippen molar-refractivity contribution >= 4 is 5.78 Å². The fourth-order valence-electron chi connectivity index (χ4n) is 6.46. The summed E-state index contributed by atoms with van der Waals surface area (Å²) < 4.78 is 35.7. The second kappa shape index (κ2) is 18.3. The summed E-state index contributed by atoms with van der Waals surface area (Å²) >= 11 is 0. The third-order valence-corrected chi connectivity index (χ3v) is 9.35. The molecule has 1 unspecified atom stereocenters. The van der Waals surface area contributed by atoms with Crippen LogP contribution in [0.25, 0.3) is 0 Å². The van der Waals surface area contributed by atoms with E-state index >= 15 is 0 Å². The summed E-state index contributed by atoms with van der Waals surface area (Å²) in [5, 5.41) is 75.7. The topological polar surface area (TPSA) is 356 Å². The molecule has 0 bridgehead atoms. The van der Waals surface area contributed by atoms with E-state index in [0.717, 1.165) is 0 Å². The Morgan fingerprint density at radius 3 is 2.20 bits per heavy atom. The first kappa shape index (κ1) is 40.3. The van der Waals surface area contributed by atoms with Crippen LogP contribution < -0.4 is 34.0 Å². The van der Waals surface area contributed by atoms with Crippen molar-refractivity contribution in [3.63, 3.8) is 0 Å². The van der Waals surface area contributed by atoms with Crippen LogP contribution in [0.15, 0.2) is 11.8 Å². The molecule has 1 saturated carbocycles. The highest BCUT2D eigenvalue weighted by Gasteiger charge is 2.54. The van der Waals surface area contributed by atoms with Crippen molar-refractivity contribution in [1.29, 1.82) is 0 Å². The van der Waals surface area contributed by atoms with Crippen LogP contribution in [-0.4, -0.2) is 179 Å². The summed E-state index contributed by atoms with van der Waals surface area (Å²) in [6.45, 7) is -0.638. The molecule has 4 rings (SSSR count). The van der Waals surface area contributed by atoms with Crippen LogP contribution in [0.4, 0.5) is 0 Å². The van der Waals surface area contributed by atoms with Crippen LogP contribution in [-0.2, 0) is 33.2 Å². The molecule has 0 aromatic rings. The van der Waals surface area contributed by atoms with Crippen LogP contribution in [0.1, 0.15) is 19.3 Å². The first-order chi connectivity index (χ1) is 23.3. The van der Waals surface area contributed by atoms with Gasteiger partial charge in [0.05, 0.1) is 37.9 Å². The lowest BCUT2D eigenvalue weighted by atomic mass is 9.76. The Morgan fingerprint density at radius 2 is 1.55 bits per heavy atom. The van der Waals surface area contributed by atoms with Gasteiger partial charge in [0, 0.05) is 32.1 Å². The number of ketones is 1. The Bertz CT molecular complexity index is 1080. The Balaban J connectivity index is 1.54. The van der Waals surface area contributed by atoms with Crippen LogP contribution in [0.5, 0.6) is 0 Å². The van der Waals surface area contributed by atoms with Crippen molar-refractivity contribution in [2.75, 3.05) is 39.4 Å². The monoisotopic (exact) mass is 710 g/mol. The number of carbonyl (C=O) groups excluding carboxylic acids is 1. The molecule has 3 aliphatic heterocycles. The predicted octanol–water partition coefficient (Wildman–Crippen LogP) is -7.52. The van der Waals surface area contributed by atoms with E-state index in [0.29, 0.717) is 18.7 Å². The largest absolute Gasteiger partial charge is 0.467 e. The molecule has 3 fully saturated rings. The molecule has 18 N–H and O–H groups in total. The van der Waals surface area contributed by atoms with Crippen molar-refractivity contribution in [2.24, 2.45) is 34.6 Å². The van der Waals surface area contributed by atoms with Gasteiger partial charge in [-0.05, 0) is 24.8 Å². The number of aliphatic hydroxyl groups excluding tert-OH is 7. The Labute approximate surface area is 283 Å². The minimum atomic E-state index is -1.64. The summed E-state index contributed by atoms with van der Waals surface area (Å²) in [5.41, 5.74) is 30.0. The summed E-state index contributed by atoms with van der Waals surface area (Å²) in [4.78, 5) is 12.6. The molecule has 17 atom stereocenters. The molecule has 0 amide bonds. The van der Waals surface area contributed by atoms with Gasteiger partial charge in [-0.3, -0.25) is 4.79 Å². The number of ether oxygens (including phenoxy) is 6. The van der Waals surface area contributed by atoms with E-state index in [1.54, 1.807) is 6.08 Å². The Hall–Kier alpha value is -1.51. The molecule has 0 aromatic heterocycles. The molecule has 1 aliphatic carbocycles. The first-order valence-corrected chi connectivity index (χ1v) is 16.5. The molecule has 20 nitrogen and oxygen atoms in total. The summed E-state index contributed by atoms with van der Waals surface area (Å²) in [6, 6.07) is -2.80. The lowest BCUT2D eigenvalue weighted by Gasteiger charge is -2.46. The second-order valence-corrected chi connectivity index (χ2v) is 12.9. The average molecular weight is 711 g/mol. The molecule has 3 heterocycles. The number of nitrogens with two attached hydrogens (primary N) is 5. The molecule has 2 saturated heterocycles. The highest BCUT2D eigenvalue weighted by molar-refractivity contribution is 5.83. The molecule has 20 heteroatoms. The fourth-order valence-corrected chi connectivity index (χ4v) is 6.46. The molecule has 0 radical (unpaired) electrons. The fraction of sp³-hybridized carbons (Fsp3) is 0.897. The summed E-state index contributed by atoms with van der Waals surface area (Å²) in [5.74, 6) is -0.945. The van der Waals surface area contributed by atoms with Gasteiger partial charge in [0.25, 0.3) is 0 Å². The molecule has 4 aliphatic rings. The zero-order valence-electron chi connectivity index (χ0n) is 27.1. The predicted molar refractivity (Wildman–Crippen MR) is 166 cm³/mol. The Morgan fingerprint density at radius 1 is 0.878 bits per heavy atom. The number of nitrogens with one attached hydrogen (secondary N) is 1. The van der Waals surface area contributed by atoms with Gasteiger partial charge in [0.15, 0.2) is 18.4 Å². The molecular weight excluding hydrogens is 656 g/mol. The summed E-state index contributed by atoms with van der Waals surface area (Å²) in [6.07, 6.45) is -15.6. The number of hydrogen-bond acceptors (Lipinski definition) is 20. The number of Topliss-reactive ketones (excluding diaryl/α,β-unsaturated/α-hetero) is 1. The van der Waals surface area contributed by atoms with Gasteiger partial charge in [-0.15, -0.1) is 0 Å². The second-order valence-electron chi connectivity index (χ2n) is 12.9. The first-order valence-electron chi connectivity index (χ1n) is 16.5. The number of rotatable bonds is 16. The zero-order valence-corrected chi connectivity index (χ0v) is 27.1. The SMILES string of the molecule is NCC(O)C(=O)C[C@@H]1C[C@H](N)[C@@H](O[C@H]2OC(CNCCO)=CC[C@H]2N)[C@H](O[C@@H]2O[C@H](CO)[C@@H](O[C@H]3O[C@@H](CN)[C@@H](O)[C@H](O)[C@H]3N)[C@H]2O)[C@H]1O. The van der Waals surface area contributed by atoms with Gasteiger partial charge in [-0.1, -0.05) is 0 Å². The van der Waals surface area contributed by atoms with E-state index in [9.17, 15) is 35.4 Å². The van der Waals surface area contributed by atoms with Crippen LogP contribution in [0, 0.1) is 5.92 Å². The average Bonchev–Trinajstić information content (AvgIpc) is 3.38. The van der Waals surface area contributed by atoms with E-state index in [1.807, 2.05) is 0 Å². The maximum Gasteiger partial charge on any atom is 0.215 e. The van der Waals surface area contributed by atoms with E-state index in [1.165, 1.54) is 0 Å². The van der Waals surface area contributed by atoms with Crippen LogP contribution >= 0.6 is 0 Å². The highest BCUT2D eigenvalue weighted by atomic mass is 16.8. The maximum atomic E-state index is 12.6. The standard InChI is InChI=1S/C29H54N6O14/c30-7-16(39)15(38)6-11-5-14(33)24(47-27-13(32)2-1-12(44-27)9-35-3-4-36)26(20(11)40)49-29-23(43)25(18(10-37)46-29)48-28-19(34)22(42)21(41)17(8-31)45-28/h1,11,13-14,16-29,35-37,39-43H,2-10,30-34H2/t11-,13+,14-,16?,17-,18+,19+,20-,21+,22+,23+,24+,25+,26+,27+,28+,29-/m0/s1. The van der Waals surface area contributed by atoms with Gasteiger partial charge < -0.3 is 98.2 Å². The maximum absolute atomic E-state index is 12.6. The smallest absolute Gasteiger partial charge is 0.215 e.